The first kappa shape index (κ1) is 12.0. The van der Waals surface area contributed by atoms with E-state index >= 15 is 0 Å². The standard InChI is InChI=1S/C10H15ClO2S/c1-2-13-7-3-4-8(12)9-5-6-10(11)14-9/h5-6,8,12H,2-4,7H2,1H3. The molecule has 1 heterocycles. The molecule has 0 radical (unpaired) electrons. The van der Waals surface area contributed by atoms with E-state index in [9.17, 15) is 5.11 Å². The lowest BCUT2D eigenvalue weighted by atomic mass is 10.2. The van der Waals surface area contributed by atoms with Gasteiger partial charge in [0.15, 0.2) is 0 Å². The Kier molecular flexibility index (Phi) is 5.48. The molecule has 80 valence electrons. The molecule has 1 aromatic heterocycles. The molecule has 0 fully saturated rings. The van der Waals surface area contributed by atoms with Gasteiger partial charge in [0.2, 0.25) is 0 Å². The molecule has 1 rings (SSSR count). The van der Waals surface area contributed by atoms with E-state index in [1.807, 2.05) is 19.1 Å². The molecule has 1 atom stereocenters. The molecule has 0 aliphatic rings. The number of hydrogen-bond acceptors (Lipinski definition) is 3. The Morgan fingerprint density at radius 3 is 2.93 bits per heavy atom. The third-order valence-corrected chi connectivity index (χ3v) is 3.23. The van der Waals surface area contributed by atoms with Crippen LogP contribution in [0.3, 0.4) is 0 Å². The molecule has 0 saturated heterocycles. The van der Waals surface area contributed by atoms with Crippen LogP contribution in [-0.2, 0) is 4.74 Å². The topological polar surface area (TPSA) is 29.5 Å². The van der Waals surface area contributed by atoms with Crippen LogP contribution in [0.25, 0.3) is 0 Å². The van der Waals surface area contributed by atoms with Crippen molar-refractivity contribution < 1.29 is 9.84 Å². The van der Waals surface area contributed by atoms with E-state index in [1.54, 1.807) is 0 Å². The second kappa shape index (κ2) is 6.40. The first-order chi connectivity index (χ1) is 6.74. The van der Waals surface area contributed by atoms with Crippen molar-refractivity contribution in [3.63, 3.8) is 0 Å². The molecular formula is C10H15ClO2S. The van der Waals surface area contributed by atoms with Crippen LogP contribution in [0.15, 0.2) is 12.1 Å². The SMILES string of the molecule is CCOCCCC(O)c1ccc(Cl)s1. The molecule has 1 aromatic rings. The van der Waals surface area contributed by atoms with Gasteiger partial charge in [0.05, 0.1) is 10.4 Å². The third kappa shape index (κ3) is 3.96. The highest BCUT2D eigenvalue weighted by Crippen LogP contribution is 2.29. The highest BCUT2D eigenvalue weighted by molar-refractivity contribution is 7.16. The van der Waals surface area contributed by atoms with Crippen LogP contribution in [0.4, 0.5) is 0 Å². The van der Waals surface area contributed by atoms with Gasteiger partial charge in [-0.3, -0.25) is 0 Å². The molecule has 4 heteroatoms. The van der Waals surface area contributed by atoms with Gasteiger partial charge in [-0.1, -0.05) is 11.6 Å². The molecule has 0 amide bonds. The van der Waals surface area contributed by atoms with Crippen LogP contribution in [0.1, 0.15) is 30.7 Å². The molecule has 0 bridgehead atoms. The minimum Gasteiger partial charge on any atom is -0.388 e. The molecule has 1 unspecified atom stereocenters. The maximum atomic E-state index is 9.73. The van der Waals surface area contributed by atoms with Crippen molar-refractivity contribution in [1.82, 2.24) is 0 Å². The summed E-state index contributed by atoms with van der Waals surface area (Å²) in [7, 11) is 0. The average Bonchev–Trinajstić information content (AvgIpc) is 2.59. The van der Waals surface area contributed by atoms with Crippen molar-refractivity contribution >= 4 is 22.9 Å². The van der Waals surface area contributed by atoms with Crippen molar-refractivity contribution in [2.45, 2.75) is 25.9 Å². The average molecular weight is 235 g/mol. The number of rotatable bonds is 6. The highest BCUT2D eigenvalue weighted by Gasteiger charge is 2.09. The van der Waals surface area contributed by atoms with Gasteiger partial charge in [0, 0.05) is 18.1 Å². The van der Waals surface area contributed by atoms with E-state index in [2.05, 4.69) is 0 Å². The first-order valence-corrected chi connectivity index (χ1v) is 5.94. The van der Waals surface area contributed by atoms with Gasteiger partial charge in [0.1, 0.15) is 0 Å². The number of halogens is 1. The number of aliphatic hydroxyl groups excluding tert-OH is 1. The Morgan fingerprint density at radius 2 is 2.36 bits per heavy atom. The van der Waals surface area contributed by atoms with Gasteiger partial charge in [-0.2, -0.15) is 0 Å². The predicted octanol–water partition coefficient (Wildman–Crippen LogP) is 3.25. The van der Waals surface area contributed by atoms with Gasteiger partial charge in [-0.25, -0.2) is 0 Å². The number of ether oxygens (including phenoxy) is 1. The Bertz CT molecular complexity index is 262. The monoisotopic (exact) mass is 234 g/mol. The fraction of sp³-hybridized carbons (Fsp3) is 0.600. The van der Waals surface area contributed by atoms with Crippen molar-refractivity contribution in [1.29, 1.82) is 0 Å². The van der Waals surface area contributed by atoms with Crippen LogP contribution in [0, 0.1) is 0 Å². The second-order valence-corrected chi connectivity index (χ2v) is 4.74. The highest BCUT2D eigenvalue weighted by atomic mass is 35.5. The second-order valence-electron chi connectivity index (χ2n) is 3.00. The summed E-state index contributed by atoms with van der Waals surface area (Å²) in [6.45, 7) is 3.42. The van der Waals surface area contributed by atoms with Gasteiger partial charge in [-0.05, 0) is 31.9 Å². The minimum absolute atomic E-state index is 0.395. The van der Waals surface area contributed by atoms with Gasteiger partial charge >= 0.3 is 0 Å². The zero-order valence-corrected chi connectivity index (χ0v) is 9.77. The van der Waals surface area contributed by atoms with Crippen LogP contribution in [0.5, 0.6) is 0 Å². The lowest BCUT2D eigenvalue weighted by Crippen LogP contribution is -1.99. The maximum Gasteiger partial charge on any atom is 0.0932 e. The Labute approximate surface area is 93.5 Å². The normalized spacial score (nSPS) is 13.1. The van der Waals surface area contributed by atoms with E-state index in [1.165, 1.54) is 11.3 Å². The smallest absolute Gasteiger partial charge is 0.0932 e. The maximum absolute atomic E-state index is 9.73. The summed E-state index contributed by atoms with van der Waals surface area (Å²) in [6, 6.07) is 3.69. The minimum atomic E-state index is -0.395. The van der Waals surface area contributed by atoms with Crippen LogP contribution in [-0.4, -0.2) is 18.3 Å². The number of thiophene rings is 1. The van der Waals surface area contributed by atoms with E-state index in [0.29, 0.717) is 6.61 Å². The molecule has 0 aliphatic heterocycles. The predicted molar refractivity (Wildman–Crippen MR) is 60.0 cm³/mol. The summed E-state index contributed by atoms with van der Waals surface area (Å²) in [5.41, 5.74) is 0. The lowest BCUT2D eigenvalue weighted by Gasteiger charge is -2.07. The zero-order chi connectivity index (χ0) is 10.4. The Morgan fingerprint density at radius 1 is 1.57 bits per heavy atom. The molecule has 1 N–H and O–H groups in total. The largest absolute Gasteiger partial charge is 0.388 e. The number of aliphatic hydroxyl groups is 1. The van der Waals surface area contributed by atoms with E-state index in [0.717, 1.165) is 28.7 Å². The summed E-state index contributed by atoms with van der Waals surface area (Å²) in [5.74, 6) is 0. The lowest BCUT2D eigenvalue weighted by molar-refractivity contribution is 0.116. The van der Waals surface area contributed by atoms with Crippen molar-refractivity contribution in [3.8, 4) is 0 Å². The molecule has 14 heavy (non-hydrogen) atoms. The molecule has 0 spiro atoms. The fourth-order valence-corrected chi connectivity index (χ4v) is 2.25. The van der Waals surface area contributed by atoms with Gasteiger partial charge in [0.25, 0.3) is 0 Å². The summed E-state index contributed by atoms with van der Waals surface area (Å²) >= 11 is 7.21. The van der Waals surface area contributed by atoms with E-state index in [4.69, 9.17) is 16.3 Å². The van der Waals surface area contributed by atoms with Crippen LogP contribution < -0.4 is 0 Å². The molecule has 0 aromatic carbocycles. The summed E-state index contributed by atoms with van der Waals surface area (Å²) in [5, 5.41) is 9.73. The van der Waals surface area contributed by atoms with Crippen LogP contribution in [0.2, 0.25) is 4.34 Å². The van der Waals surface area contributed by atoms with Crippen LogP contribution >= 0.6 is 22.9 Å². The van der Waals surface area contributed by atoms with E-state index < -0.39 is 6.10 Å². The molecule has 0 saturated carbocycles. The van der Waals surface area contributed by atoms with Crippen molar-refractivity contribution in [2.75, 3.05) is 13.2 Å². The zero-order valence-electron chi connectivity index (χ0n) is 8.20. The summed E-state index contributed by atoms with van der Waals surface area (Å²) < 4.78 is 5.92. The first-order valence-electron chi connectivity index (χ1n) is 4.75. The molecule has 0 aliphatic carbocycles. The number of hydrogen-bond donors (Lipinski definition) is 1. The Hall–Kier alpha value is -0.0900. The third-order valence-electron chi connectivity index (χ3n) is 1.89. The van der Waals surface area contributed by atoms with Crippen molar-refractivity contribution in [3.05, 3.63) is 21.3 Å². The van der Waals surface area contributed by atoms with Gasteiger partial charge < -0.3 is 9.84 Å². The molecule has 2 nitrogen and oxygen atoms in total. The fourth-order valence-electron chi connectivity index (χ4n) is 1.17. The van der Waals surface area contributed by atoms with Crippen molar-refractivity contribution in [2.24, 2.45) is 0 Å². The summed E-state index contributed by atoms with van der Waals surface area (Å²) in [6.07, 6.45) is 1.22. The quantitative estimate of drug-likeness (QED) is 0.766. The van der Waals surface area contributed by atoms with Gasteiger partial charge in [-0.15, -0.1) is 11.3 Å². The summed E-state index contributed by atoms with van der Waals surface area (Å²) in [4.78, 5) is 0.937. The Balaban J connectivity index is 2.25. The molecular weight excluding hydrogens is 220 g/mol. The van der Waals surface area contributed by atoms with E-state index in [-0.39, 0.29) is 0 Å².